The van der Waals surface area contributed by atoms with Crippen LogP contribution in [0.2, 0.25) is 10.0 Å². The molecule has 0 bridgehead atoms. The van der Waals surface area contributed by atoms with Crippen molar-refractivity contribution >= 4 is 34.2 Å². The van der Waals surface area contributed by atoms with Crippen LogP contribution in [0, 0.1) is 0 Å². The Balaban J connectivity index is 1.36. The fraction of sp³-hybridized carbons (Fsp3) is 0.250. The summed E-state index contributed by atoms with van der Waals surface area (Å²) in [6.07, 6.45) is 4.39. The van der Waals surface area contributed by atoms with Crippen LogP contribution in [-0.2, 0) is 6.54 Å². The van der Waals surface area contributed by atoms with Gasteiger partial charge < -0.3 is 4.42 Å². The maximum Gasteiger partial charge on any atom is 0.437 e. The van der Waals surface area contributed by atoms with E-state index in [0.717, 1.165) is 12.8 Å². The third-order valence-electron chi connectivity index (χ3n) is 5.39. The number of pyridine rings is 1. The second-order valence-corrected chi connectivity index (χ2v) is 8.09. The van der Waals surface area contributed by atoms with E-state index < -0.39 is 5.76 Å². The molecule has 0 aliphatic heterocycles. The van der Waals surface area contributed by atoms with E-state index in [2.05, 4.69) is 15.1 Å². The van der Waals surface area contributed by atoms with Gasteiger partial charge in [-0.1, -0.05) is 35.3 Å². The van der Waals surface area contributed by atoms with Gasteiger partial charge in [-0.2, -0.15) is 4.68 Å². The lowest BCUT2D eigenvalue weighted by Crippen LogP contribution is -2.31. The third-order valence-corrected chi connectivity index (χ3v) is 5.96. The van der Waals surface area contributed by atoms with Gasteiger partial charge >= 0.3 is 5.76 Å². The highest BCUT2D eigenvalue weighted by Crippen LogP contribution is 2.43. The molecule has 1 aromatic carbocycles. The summed E-state index contributed by atoms with van der Waals surface area (Å²) in [6.45, 7) is -0.0252. The zero-order valence-corrected chi connectivity index (χ0v) is 17.0. The molecule has 0 atom stereocenters. The predicted molar refractivity (Wildman–Crippen MR) is 111 cm³/mol. The SMILES string of the molecule is O=c1c2c(Cl)ccnc2ncn1Cc1nn(C2CC(c3ccc(Cl)cc3)C2)c(=O)o1. The number of halogens is 2. The van der Waals surface area contributed by atoms with Crippen LogP contribution < -0.4 is 11.3 Å². The second kappa shape index (κ2) is 7.37. The maximum absolute atomic E-state index is 12.7. The van der Waals surface area contributed by atoms with E-state index in [1.807, 2.05) is 24.3 Å². The van der Waals surface area contributed by atoms with Gasteiger partial charge in [0.25, 0.3) is 5.56 Å². The molecule has 0 saturated heterocycles. The molecule has 3 heterocycles. The molecule has 0 amide bonds. The first-order chi connectivity index (χ1) is 14.5. The average molecular weight is 444 g/mol. The standard InChI is InChI=1S/C20H15Cl2N5O3/c21-13-3-1-11(2-4-13)12-7-14(8-12)27-20(29)30-16(25-27)9-26-10-24-18-17(19(26)28)15(22)5-6-23-18/h1-6,10,12,14H,7-9H2. The van der Waals surface area contributed by atoms with Crippen molar-refractivity contribution in [2.75, 3.05) is 0 Å². The Labute approximate surface area is 179 Å². The van der Waals surface area contributed by atoms with Crippen LogP contribution in [0.25, 0.3) is 11.0 Å². The highest BCUT2D eigenvalue weighted by atomic mass is 35.5. The van der Waals surface area contributed by atoms with E-state index >= 15 is 0 Å². The highest BCUT2D eigenvalue weighted by molar-refractivity contribution is 6.35. The van der Waals surface area contributed by atoms with Crippen LogP contribution in [0.1, 0.15) is 36.3 Å². The Bertz CT molecular complexity index is 1350. The summed E-state index contributed by atoms with van der Waals surface area (Å²) in [7, 11) is 0. The topological polar surface area (TPSA) is 95.8 Å². The van der Waals surface area contributed by atoms with Gasteiger partial charge in [0.1, 0.15) is 18.3 Å². The zero-order valence-electron chi connectivity index (χ0n) is 15.5. The molecule has 5 rings (SSSR count). The van der Waals surface area contributed by atoms with Crippen molar-refractivity contribution in [1.29, 1.82) is 0 Å². The molecule has 30 heavy (non-hydrogen) atoms. The molecular weight excluding hydrogens is 429 g/mol. The largest absolute Gasteiger partial charge is 0.437 e. The van der Waals surface area contributed by atoms with Crippen molar-refractivity contribution in [2.45, 2.75) is 31.3 Å². The van der Waals surface area contributed by atoms with Crippen LogP contribution in [-0.4, -0.2) is 24.3 Å². The van der Waals surface area contributed by atoms with Gasteiger partial charge in [-0.3, -0.25) is 9.36 Å². The van der Waals surface area contributed by atoms with Crippen molar-refractivity contribution in [3.63, 3.8) is 0 Å². The maximum atomic E-state index is 12.7. The van der Waals surface area contributed by atoms with Gasteiger partial charge in [-0.15, -0.1) is 5.10 Å². The fourth-order valence-corrected chi connectivity index (χ4v) is 4.07. The molecule has 0 unspecified atom stereocenters. The molecular formula is C20H15Cl2N5O3. The average Bonchev–Trinajstić information content (AvgIpc) is 3.04. The number of benzene rings is 1. The molecule has 3 aromatic heterocycles. The van der Waals surface area contributed by atoms with Crippen LogP contribution in [0.4, 0.5) is 0 Å². The number of aromatic nitrogens is 5. The van der Waals surface area contributed by atoms with Crippen LogP contribution >= 0.6 is 23.2 Å². The van der Waals surface area contributed by atoms with Gasteiger partial charge in [-0.05, 0) is 42.5 Å². The van der Waals surface area contributed by atoms with Crippen LogP contribution in [0.15, 0.2) is 56.9 Å². The first-order valence-corrected chi connectivity index (χ1v) is 10.1. The molecule has 10 heteroatoms. The first kappa shape index (κ1) is 19.0. The van der Waals surface area contributed by atoms with Crippen molar-refractivity contribution in [3.05, 3.63) is 85.3 Å². The number of rotatable bonds is 4. The Morgan fingerprint density at radius 2 is 1.83 bits per heavy atom. The monoisotopic (exact) mass is 443 g/mol. The fourth-order valence-electron chi connectivity index (χ4n) is 3.72. The van der Waals surface area contributed by atoms with Crippen LogP contribution in [0.5, 0.6) is 0 Å². The normalized spacial score (nSPS) is 18.5. The van der Waals surface area contributed by atoms with Crippen LogP contribution in [0.3, 0.4) is 0 Å². The first-order valence-electron chi connectivity index (χ1n) is 9.33. The molecule has 1 aliphatic carbocycles. The van der Waals surface area contributed by atoms with Crippen molar-refractivity contribution < 1.29 is 4.42 Å². The van der Waals surface area contributed by atoms with Gasteiger partial charge in [0.05, 0.1) is 11.1 Å². The predicted octanol–water partition coefficient (Wildman–Crippen LogP) is 3.42. The Hall–Kier alpha value is -2.97. The van der Waals surface area contributed by atoms with Gasteiger partial charge in [0.15, 0.2) is 5.65 Å². The smallest absolute Gasteiger partial charge is 0.390 e. The molecule has 152 valence electrons. The van der Waals surface area contributed by atoms with E-state index in [0.29, 0.717) is 10.9 Å². The third kappa shape index (κ3) is 3.32. The molecule has 4 aromatic rings. The highest BCUT2D eigenvalue weighted by Gasteiger charge is 2.34. The van der Waals surface area contributed by atoms with E-state index in [4.69, 9.17) is 27.6 Å². The van der Waals surface area contributed by atoms with E-state index in [-0.39, 0.29) is 40.1 Å². The summed E-state index contributed by atoms with van der Waals surface area (Å²) >= 11 is 12.1. The number of hydrogen-bond acceptors (Lipinski definition) is 6. The minimum absolute atomic E-state index is 0.0252. The van der Waals surface area contributed by atoms with Gasteiger partial charge in [0.2, 0.25) is 5.89 Å². The van der Waals surface area contributed by atoms with E-state index in [1.54, 1.807) is 0 Å². The molecule has 1 saturated carbocycles. The quantitative estimate of drug-likeness (QED) is 0.479. The minimum Gasteiger partial charge on any atom is -0.390 e. The molecule has 8 nitrogen and oxygen atoms in total. The lowest BCUT2D eigenvalue weighted by atomic mass is 9.76. The lowest BCUT2D eigenvalue weighted by Gasteiger charge is -2.34. The molecule has 0 N–H and O–H groups in total. The van der Waals surface area contributed by atoms with Gasteiger partial charge in [-0.25, -0.2) is 14.8 Å². The Kier molecular flexibility index (Phi) is 4.67. The van der Waals surface area contributed by atoms with Crippen molar-refractivity contribution in [1.82, 2.24) is 24.3 Å². The number of nitrogens with zero attached hydrogens (tertiary/aromatic N) is 5. The zero-order chi connectivity index (χ0) is 20.8. The summed E-state index contributed by atoms with van der Waals surface area (Å²) in [5.74, 6) is -0.0504. The molecule has 1 fully saturated rings. The second-order valence-electron chi connectivity index (χ2n) is 7.25. The molecule has 0 radical (unpaired) electrons. The van der Waals surface area contributed by atoms with Crippen molar-refractivity contribution in [2.24, 2.45) is 0 Å². The Morgan fingerprint density at radius 1 is 1.07 bits per heavy atom. The van der Waals surface area contributed by atoms with E-state index in [9.17, 15) is 9.59 Å². The summed E-state index contributed by atoms with van der Waals surface area (Å²) in [5, 5.41) is 5.47. The van der Waals surface area contributed by atoms with Gasteiger partial charge in [0, 0.05) is 11.2 Å². The summed E-state index contributed by atoms with van der Waals surface area (Å²) < 4.78 is 7.92. The summed E-state index contributed by atoms with van der Waals surface area (Å²) in [4.78, 5) is 33.2. The molecule has 0 spiro atoms. The Morgan fingerprint density at radius 3 is 2.60 bits per heavy atom. The minimum atomic E-state index is -0.536. The lowest BCUT2D eigenvalue weighted by molar-refractivity contribution is 0.233. The van der Waals surface area contributed by atoms with Crippen molar-refractivity contribution in [3.8, 4) is 0 Å². The van der Waals surface area contributed by atoms with E-state index in [1.165, 1.54) is 33.4 Å². The summed E-state index contributed by atoms with van der Waals surface area (Å²) in [6, 6.07) is 9.21. The number of hydrogen-bond donors (Lipinski definition) is 0. The number of fused-ring (bicyclic) bond motifs is 1. The summed E-state index contributed by atoms with van der Waals surface area (Å²) in [5.41, 5.74) is 1.08. The molecule has 1 aliphatic rings.